The fourth-order valence-electron chi connectivity index (χ4n) is 11.0. The lowest BCUT2D eigenvalue weighted by Crippen LogP contribution is -2.60. The maximum absolute atomic E-state index is 9.48. The van der Waals surface area contributed by atoms with Crippen LogP contribution in [0.2, 0.25) is 0 Å². The van der Waals surface area contributed by atoms with Crippen LogP contribution in [0.4, 0.5) is 0 Å². The second-order valence-corrected chi connectivity index (χ2v) is 13.8. The molecular formula is C32H58O4. The van der Waals surface area contributed by atoms with E-state index in [9.17, 15) is 5.11 Å². The zero-order chi connectivity index (χ0) is 25.9. The number of rotatable bonds is 12. The van der Waals surface area contributed by atoms with E-state index >= 15 is 0 Å². The maximum atomic E-state index is 9.48. The lowest BCUT2D eigenvalue weighted by Gasteiger charge is -2.66. The van der Waals surface area contributed by atoms with Crippen LogP contribution >= 0.6 is 0 Å². The molecule has 0 aromatic carbocycles. The van der Waals surface area contributed by atoms with Gasteiger partial charge in [-0.15, -0.1) is 0 Å². The summed E-state index contributed by atoms with van der Waals surface area (Å²) in [5.74, 6) is 6.58. The Labute approximate surface area is 222 Å². The van der Waals surface area contributed by atoms with E-state index in [4.69, 9.17) is 14.2 Å². The van der Waals surface area contributed by atoms with Crippen LogP contribution in [-0.4, -0.2) is 45.4 Å². The van der Waals surface area contributed by atoms with Gasteiger partial charge in [0.2, 0.25) is 0 Å². The first kappa shape index (κ1) is 28.8. The Morgan fingerprint density at radius 1 is 0.889 bits per heavy atom. The average molecular weight is 507 g/mol. The molecule has 4 rings (SSSR count). The van der Waals surface area contributed by atoms with Crippen LogP contribution in [0.1, 0.15) is 105 Å². The van der Waals surface area contributed by atoms with Gasteiger partial charge in [-0.25, -0.2) is 0 Å². The Balaban J connectivity index is 1.64. The van der Waals surface area contributed by atoms with Crippen molar-refractivity contribution in [2.24, 2.45) is 58.2 Å². The standard InChI is InChI=1S/C32H58O4/c1-7-24-25(11-9-19-34-5)30-27-13-12-26(22(2)10-8-18-33)31(27,3)17-15-28(30)32(4)16-14-23(20-29(24)32)36-21-35-6/h22-30,33H,7-21H2,1-6H3/t22-,23-,24+,25-,26-,27?,28?,29+,30?,31?,32?/m1/s1. The number of hydrogen-bond acceptors (Lipinski definition) is 4. The lowest BCUT2D eigenvalue weighted by molar-refractivity contribution is -0.195. The third kappa shape index (κ3) is 5.19. The Morgan fingerprint density at radius 2 is 1.64 bits per heavy atom. The van der Waals surface area contributed by atoms with Crippen molar-refractivity contribution in [3.8, 4) is 0 Å². The van der Waals surface area contributed by atoms with E-state index in [1.165, 1.54) is 70.6 Å². The van der Waals surface area contributed by atoms with Crippen molar-refractivity contribution >= 4 is 0 Å². The van der Waals surface area contributed by atoms with Crippen LogP contribution in [0.25, 0.3) is 0 Å². The zero-order valence-electron chi connectivity index (χ0n) is 24.5. The molecule has 0 aromatic heterocycles. The molecule has 4 aliphatic carbocycles. The van der Waals surface area contributed by atoms with Crippen LogP contribution in [0, 0.1) is 58.2 Å². The van der Waals surface area contributed by atoms with Crippen molar-refractivity contribution in [2.45, 2.75) is 111 Å². The lowest BCUT2D eigenvalue weighted by atomic mass is 9.39. The average Bonchev–Trinajstić information content (AvgIpc) is 3.23. The summed E-state index contributed by atoms with van der Waals surface area (Å²) in [5.41, 5.74) is 0.938. The molecule has 4 aliphatic rings. The molecule has 1 N–H and O–H groups in total. The summed E-state index contributed by atoms with van der Waals surface area (Å²) < 4.78 is 17.0. The van der Waals surface area contributed by atoms with E-state index in [0.717, 1.165) is 60.4 Å². The Bertz CT molecular complexity index is 683. The highest BCUT2D eigenvalue weighted by molar-refractivity contribution is 5.13. The topological polar surface area (TPSA) is 47.9 Å². The van der Waals surface area contributed by atoms with E-state index in [1.54, 1.807) is 7.11 Å². The van der Waals surface area contributed by atoms with E-state index in [2.05, 4.69) is 27.7 Å². The van der Waals surface area contributed by atoms with Crippen molar-refractivity contribution in [1.82, 2.24) is 0 Å². The van der Waals surface area contributed by atoms with Crippen molar-refractivity contribution in [1.29, 1.82) is 0 Å². The molecule has 0 aromatic rings. The van der Waals surface area contributed by atoms with Crippen LogP contribution in [0.15, 0.2) is 0 Å². The first-order valence-electron chi connectivity index (χ1n) is 15.6. The van der Waals surface area contributed by atoms with Gasteiger partial charge < -0.3 is 19.3 Å². The monoisotopic (exact) mass is 506 g/mol. The fourth-order valence-corrected chi connectivity index (χ4v) is 11.0. The van der Waals surface area contributed by atoms with Crippen LogP contribution in [0.5, 0.6) is 0 Å². The predicted octanol–water partition coefficient (Wildman–Crippen LogP) is 7.33. The van der Waals surface area contributed by atoms with Gasteiger partial charge >= 0.3 is 0 Å². The third-order valence-electron chi connectivity index (χ3n) is 12.5. The van der Waals surface area contributed by atoms with Crippen molar-refractivity contribution in [3.63, 3.8) is 0 Å². The molecule has 4 heteroatoms. The molecule has 0 bridgehead atoms. The van der Waals surface area contributed by atoms with Crippen molar-refractivity contribution < 1.29 is 19.3 Å². The second kappa shape index (κ2) is 12.3. The van der Waals surface area contributed by atoms with Gasteiger partial charge in [0.05, 0.1) is 6.10 Å². The van der Waals surface area contributed by atoms with Gasteiger partial charge in [-0.3, -0.25) is 0 Å². The van der Waals surface area contributed by atoms with Crippen molar-refractivity contribution in [3.05, 3.63) is 0 Å². The summed E-state index contributed by atoms with van der Waals surface area (Å²) in [6, 6.07) is 0. The molecule has 0 aliphatic heterocycles. The molecular weight excluding hydrogens is 448 g/mol. The van der Waals surface area contributed by atoms with Gasteiger partial charge in [-0.2, -0.15) is 0 Å². The summed E-state index contributed by atoms with van der Waals surface area (Å²) in [6.45, 7) is 12.0. The first-order chi connectivity index (χ1) is 17.4. The molecule has 5 unspecified atom stereocenters. The largest absolute Gasteiger partial charge is 0.396 e. The second-order valence-electron chi connectivity index (χ2n) is 13.8. The molecule has 0 spiro atoms. The molecule has 4 saturated carbocycles. The Hall–Kier alpha value is -0.160. The van der Waals surface area contributed by atoms with Crippen LogP contribution in [0.3, 0.4) is 0 Å². The van der Waals surface area contributed by atoms with Crippen LogP contribution < -0.4 is 0 Å². The highest BCUT2D eigenvalue weighted by Crippen LogP contribution is 2.71. The molecule has 4 nitrogen and oxygen atoms in total. The molecule has 4 fully saturated rings. The molecule has 36 heavy (non-hydrogen) atoms. The Morgan fingerprint density at radius 3 is 2.33 bits per heavy atom. The minimum atomic E-state index is 0.344. The van der Waals surface area contributed by atoms with Gasteiger partial charge in [0.1, 0.15) is 6.79 Å². The van der Waals surface area contributed by atoms with E-state index < -0.39 is 0 Å². The third-order valence-corrected chi connectivity index (χ3v) is 12.5. The number of ether oxygens (including phenoxy) is 3. The summed E-state index contributed by atoms with van der Waals surface area (Å²) in [4.78, 5) is 0. The SMILES string of the molecule is CC[C@H]1[C@@H](CCCOC)C2C3CC[C@H]([C@H](C)CCCO)C3(C)CCC2C2(C)CC[C@@H](OCOC)C[C@@H]12. The van der Waals surface area contributed by atoms with Crippen molar-refractivity contribution in [2.75, 3.05) is 34.2 Å². The quantitative estimate of drug-likeness (QED) is 0.222. The smallest absolute Gasteiger partial charge is 0.146 e. The molecule has 0 amide bonds. The molecule has 11 atom stereocenters. The van der Waals surface area contributed by atoms with Gasteiger partial charge in [-0.1, -0.05) is 34.1 Å². The summed E-state index contributed by atoms with van der Waals surface area (Å²) >= 11 is 0. The summed E-state index contributed by atoms with van der Waals surface area (Å²) in [6.07, 6.45) is 15.8. The minimum absolute atomic E-state index is 0.344. The fraction of sp³-hybridized carbons (Fsp3) is 1.00. The van der Waals surface area contributed by atoms with Crippen LogP contribution in [-0.2, 0) is 14.2 Å². The highest BCUT2D eigenvalue weighted by atomic mass is 16.7. The number of methoxy groups -OCH3 is 2. The molecule has 210 valence electrons. The van der Waals surface area contributed by atoms with E-state index in [-0.39, 0.29) is 0 Å². The maximum Gasteiger partial charge on any atom is 0.146 e. The van der Waals surface area contributed by atoms with E-state index in [0.29, 0.717) is 30.3 Å². The number of fused-ring (bicyclic) bond motifs is 5. The Kier molecular flexibility index (Phi) is 9.89. The molecule has 0 heterocycles. The summed E-state index contributed by atoms with van der Waals surface area (Å²) in [7, 11) is 3.61. The normalized spacial score (nSPS) is 45.1. The van der Waals surface area contributed by atoms with Gasteiger partial charge in [0.15, 0.2) is 0 Å². The minimum Gasteiger partial charge on any atom is -0.396 e. The number of hydrogen-bond donors (Lipinski definition) is 1. The number of aliphatic hydroxyl groups is 1. The number of aliphatic hydroxyl groups excluding tert-OH is 1. The molecule has 0 radical (unpaired) electrons. The predicted molar refractivity (Wildman–Crippen MR) is 147 cm³/mol. The van der Waals surface area contributed by atoms with Gasteiger partial charge in [0.25, 0.3) is 0 Å². The van der Waals surface area contributed by atoms with Gasteiger partial charge in [-0.05, 0) is 129 Å². The summed E-state index contributed by atoms with van der Waals surface area (Å²) in [5, 5.41) is 9.48. The highest BCUT2D eigenvalue weighted by Gasteiger charge is 2.64. The zero-order valence-corrected chi connectivity index (χ0v) is 24.5. The molecule has 0 saturated heterocycles. The first-order valence-corrected chi connectivity index (χ1v) is 15.6. The van der Waals surface area contributed by atoms with Gasteiger partial charge in [0, 0.05) is 27.4 Å². The van der Waals surface area contributed by atoms with E-state index in [1.807, 2.05) is 7.11 Å².